The molecule has 108 valence electrons. The second-order valence-corrected chi connectivity index (χ2v) is 5.16. The smallest absolute Gasteiger partial charge is 0.335 e. The summed E-state index contributed by atoms with van der Waals surface area (Å²) >= 11 is 3.20. The van der Waals surface area contributed by atoms with Crippen LogP contribution in [0.5, 0.6) is 11.5 Å². The number of carboxylic acid groups (broad SMARTS) is 1. The third-order valence-corrected chi connectivity index (χ3v) is 3.26. The van der Waals surface area contributed by atoms with Gasteiger partial charge in [-0.1, -0.05) is 22.0 Å². The summed E-state index contributed by atoms with van der Waals surface area (Å²) in [4.78, 5) is 21.4. The van der Waals surface area contributed by atoms with Crippen LogP contribution in [0.25, 0.3) is 0 Å². The first-order valence-electron chi connectivity index (χ1n) is 5.84. The summed E-state index contributed by atoms with van der Waals surface area (Å²) < 4.78 is 6.12. The molecule has 0 aliphatic heterocycles. The van der Waals surface area contributed by atoms with Crippen molar-refractivity contribution in [3.63, 3.8) is 0 Å². The lowest BCUT2D eigenvalue weighted by Gasteiger charge is -2.10. The number of nitrogens with zero attached hydrogens (tertiary/aromatic N) is 1. The Morgan fingerprint density at radius 3 is 2.67 bits per heavy atom. The van der Waals surface area contributed by atoms with E-state index >= 15 is 0 Å². The second kappa shape index (κ2) is 5.92. The number of carboxylic acids is 1. The Hall–Kier alpha value is -2.41. The van der Waals surface area contributed by atoms with Crippen molar-refractivity contribution in [1.29, 1.82) is 0 Å². The van der Waals surface area contributed by atoms with Crippen molar-refractivity contribution in [2.24, 2.45) is 0 Å². The van der Waals surface area contributed by atoms with Crippen molar-refractivity contribution in [1.82, 2.24) is 0 Å². The van der Waals surface area contributed by atoms with Crippen molar-refractivity contribution in [2.45, 2.75) is 6.92 Å². The van der Waals surface area contributed by atoms with Gasteiger partial charge in [0, 0.05) is 10.5 Å². The van der Waals surface area contributed by atoms with E-state index in [-0.39, 0.29) is 17.0 Å². The Bertz CT molecular complexity index is 729. The average molecular weight is 352 g/mol. The van der Waals surface area contributed by atoms with Crippen molar-refractivity contribution >= 4 is 27.6 Å². The maximum Gasteiger partial charge on any atom is 0.335 e. The van der Waals surface area contributed by atoms with Crippen LogP contribution in [0, 0.1) is 17.0 Å². The highest BCUT2D eigenvalue weighted by atomic mass is 79.9. The summed E-state index contributed by atoms with van der Waals surface area (Å²) in [6.07, 6.45) is 0. The van der Waals surface area contributed by atoms with Crippen LogP contribution in [0.1, 0.15) is 15.9 Å². The standard InChI is InChI=1S/C14H10BrNO5/c1-8-12(16(19)20)3-2-4-13(8)21-11-6-9(14(17)18)5-10(15)7-11/h2-7H,1H3,(H,17,18). The number of hydrogen-bond donors (Lipinski definition) is 1. The molecule has 0 aliphatic rings. The third-order valence-electron chi connectivity index (χ3n) is 2.80. The van der Waals surface area contributed by atoms with E-state index in [1.165, 1.54) is 24.3 Å². The van der Waals surface area contributed by atoms with E-state index in [1.807, 2.05) is 0 Å². The fourth-order valence-corrected chi connectivity index (χ4v) is 2.26. The van der Waals surface area contributed by atoms with Crippen LogP contribution in [0.4, 0.5) is 5.69 Å². The number of aromatic carboxylic acids is 1. The molecule has 0 atom stereocenters. The molecule has 0 spiro atoms. The summed E-state index contributed by atoms with van der Waals surface area (Å²) in [7, 11) is 0. The third kappa shape index (κ3) is 3.38. The van der Waals surface area contributed by atoms with E-state index < -0.39 is 10.9 Å². The maximum absolute atomic E-state index is 11.0. The van der Waals surface area contributed by atoms with E-state index in [9.17, 15) is 14.9 Å². The molecule has 0 aromatic heterocycles. The lowest BCUT2D eigenvalue weighted by Crippen LogP contribution is -1.98. The number of benzene rings is 2. The summed E-state index contributed by atoms with van der Waals surface area (Å²) in [6, 6.07) is 8.86. The molecule has 0 saturated carbocycles. The predicted octanol–water partition coefficient (Wildman–Crippen LogP) is 4.16. The molecule has 0 amide bonds. The Kier molecular flexibility index (Phi) is 4.23. The van der Waals surface area contributed by atoms with Gasteiger partial charge in [0.1, 0.15) is 11.5 Å². The average Bonchev–Trinajstić information content (AvgIpc) is 2.40. The van der Waals surface area contributed by atoms with Gasteiger partial charge in [-0.3, -0.25) is 10.1 Å². The van der Waals surface area contributed by atoms with Crippen LogP contribution in [0.2, 0.25) is 0 Å². The molecule has 0 bridgehead atoms. The van der Waals surface area contributed by atoms with Crippen LogP contribution < -0.4 is 4.74 Å². The molecule has 0 fully saturated rings. The van der Waals surface area contributed by atoms with Gasteiger partial charge in [0.15, 0.2) is 0 Å². The first-order valence-corrected chi connectivity index (χ1v) is 6.63. The van der Waals surface area contributed by atoms with Crippen LogP contribution in [-0.2, 0) is 0 Å². The number of carbonyl (C=O) groups is 1. The Labute approximate surface area is 128 Å². The Morgan fingerprint density at radius 1 is 1.33 bits per heavy atom. The van der Waals surface area contributed by atoms with Gasteiger partial charge in [0.2, 0.25) is 0 Å². The van der Waals surface area contributed by atoms with Crippen LogP contribution in [0.3, 0.4) is 0 Å². The van der Waals surface area contributed by atoms with E-state index in [0.29, 0.717) is 15.8 Å². The largest absolute Gasteiger partial charge is 0.478 e. The minimum Gasteiger partial charge on any atom is -0.478 e. The van der Waals surface area contributed by atoms with Gasteiger partial charge in [-0.25, -0.2) is 4.79 Å². The van der Waals surface area contributed by atoms with Gasteiger partial charge >= 0.3 is 5.97 Å². The maximum atomic E-state index is 11.0. The molecular weight excluding hydrogens is 342 g/mol. The van der Waals surface area contributed by atoms with Crippen LogP contribution >= 0.6 is 15.9 Å². The minimum absolute atomic E-state index is 0.0547. The molecule has 0 saturated heterocycles. The number of ether oxygens (including phenoxy) is 1. The molecule has 0 aliphatic carbocycles. The van der Waals surface area contributed by atoms with Crippen molar-refractivity contribution in [3.05, 3.63) is 62.1 Å². The van der Waals surface area contributed by atoms with Crippen LogP contribution in [0.15, 0.2) is 40.9 Å². The zero-order valence-electron chi connectivity index (χ0n) is 10.9. The van der Waals surface area contributed by atoms with Crippen molar-refractivity contribution in [3.8, 4) is 11.5 Å². The number of hydrogen-bond acceptors (Lipinski definition) is 4. The fourth-order valence-electron chi connectivity index (χ4n) is 1.78. The molecule has 6 nitrogen and oxygen atoms in total. The van der Waals surface area contributed by atoms with E-state index in [1.54, 1.807) is 19.1 Å². The number of halogens is 1. The van der Waals surface area contributed by atoms with E-state index in [4.69, 9.17) is 9.84 Å². The molecule has 1 N–H and O–H groups in total. The second-order valence-electron chi connectivity index (χ2n) is 4.24. The quantitative estimate of drug-likeness (QED) is 0.659. The molecular formula is C14H10BrNO5. The minimum atomic E-state index is -1.09. The molecule has 0 radical (unpaired) electrons. The van der Waals surface area contributed by atoms with E-state index in [2.05, 4.69) is 15.9 Å². The van der Waals surface area contributed by atoms with Crippen molar-refractivity contribution in [2.75, 3.05) is 0 Å². The molecule has 2 aromatic rings. The normalized spacial score (nSPS) is 10.2. The summed E-state index contributed by atoms with van der Waals surface area (Å²) in [5.41, 5.74) is 0.378. The molecule has 2 rings (SSSR count). The molecule has 2 aromatic carbocycles. The number of rotatable bonds is 4. The zero-order chi connectivity index (χ0) is 15.6. The van der Waals surface area contributed by atoms with Crippen LogP contribution in [-0.4, -0.2) is 16.0 Å². The van der Waals surface area contributed by atoms with E-state index in [0.717, 1.165) is 0 Å². The number of nitro groups is 1. The Balaban J connectivity index is 2.41. The molecule has 0 unspecified atom stereocenters. The van der Waals surface area contributed by atoms with Crippen molar-refractivity contribution < 1.29 is 19.6 Å². The zero-order valence-corrected chi connectivity index (χ0v) is 12.5. The summed E-state index contributed by atoms with van der Waals surface area (Å²) in [5, 5.41) is 19.9. The monoisotopic (exact) mass is 351 g/mol. The topological polar surface area (TPSA) is 89.7 Å². The number of nitro benzene ring substituents is 1. The van der Waals surface area contributed by atoms with Gasteiger partial charge in [0.25, 0.3) is 5.69 Å². The SMILES string of the molecule is Cc1c(Oc2cc(Br)cc(C(=O)O)c2)cccc1[N+](=O)[O-]. The van der Waals surface area contributed by atoms with Gasteiger partial charge in [-0.2, -0.15) is 0 Å². The van der Waals surface area contributed by atoms with Gasteiger partial charge in [0.05, 0.1) is 16.1 Å². The highest BCUT2D eigenvalue weighted by molar-refractivity contribution is 9.10. The van der Waals surface area contributed by atoms with Gasteiger partial charge in [-0.15, -0.1) is 0 Å². The van der Waals surface area contributed by atoms with Gasteiger partial charge < -0.3 is 9.84 Å². The molecule has 21 heavy (non-hydrogen) atoms. The lowest BCUT2D eigenvalue weighted by molar-refractivity contribution is -0.385. The molecule has 7 heteroatoms. The summed E-state index contributed by atoms with van der Waals surface area (Å²) in [6.45, 7) is 1.57. The summed E-state index contributed by atoms with van der Waals surface area (Å²) in [5.74, 6) is -0.499. The Morgan fingerprint density at radius 2 is 2.05 bits per heavy atom. The van der Waals surface area contributed by atoms with Gasteiger partial charge in [-0.05, 0) is 31.2 Å². The fraction of sp³-hybridized carbons (Fsp3) is 0.0714. The lowest BCUT2D eigenvalue weighted by atomic mass is 10.2. The highest BCUT2D eigenvalue weighted by Gasteiger charge is 2.15. The first kappa shape index (κ1) is 15.0. The first-order chi connectivity index (χ1) is 9.88. The predicted molar refractivity (Wildman–Crippen MR) is 79.0 cm³/mol. The molecule has 0 heterocycles. The highest BCUT2D eigenvalue weighted by Crippen LogP contribution is 2.32.